The van der Waals surface area contributed by atoms with Crippen molar-refractivity contribution in [3.05, 3.63) is 12.2 Å². The number of likely N-dealkylation sites (tertiary alicyclic amines) is 1. The minimum absolute atomic E-state index is 0.892. The molecule has 0 aromatic heterocycles. The van der Waals surface area contributed by atoms with Gasteiger partial charge in [0.1, 0.15) is 0 Å². The van der Waals surface area contributed by atoms with E-state index in [4.69, 9.17) is 0 Å². The van der Waals surface area contributed by atoms with Gasteiger partial charge in [0.05, 0.1) is 0 Å². The fraction of sp³-hybridized carbons (Fsp3) is 0.800. The molecule has 0 aromatic carbocycles. The first-order valence-electron chi connectivity index (χ1n) is 4.55. The summed E-state index contributed by atoms with van der Waals surface area (Å²) in [6, 6.07) is 0. The normalized spacial score (nSPS) is 26.9. The van der Waals surface area contributed by atoms with Gasteiger partial charge < -0.3 is 0 Å². The number of hydrogen-bond donors (Lipinski definition) is 0. The molecule has 1 atom stereocenters. The van der Waals surface area contributed by atoms with Crippen molar-refractivity contribution in [2.24, 2.45) is 5.92 Å². The standard InChI is InChI=1S/C10H19N/c1-9(2)7-11-6-4-5-10(3)8-11/h10H,1,4-8H2,2-3H3/t10-/m0/s1. The minimum Gasteiger partial charge on any atom is -0.299 e. The molecule has 1 aliphatic rings. The molecule has 1 saturated heterocycles. The molecule has 0 aliphatic carbocycles. The van der Waals surface area contributed by atoms with Gasteiger partial charge in [0.2, 0.25) is 0 Å². The molecule has 0 bridgehead atoms. The maximum Gasteiger partial charge on any atom is 0.0187 e. The highest BCUT2D eigenvalue weighted by Crippen LogP contribution is 2.15. The summed E-state index contributed by atoms with van der Waals surface area (Å²) in [5.41, 5.74) is 1.29. The highest BCUT2D eigenvalue weighted by molar-refractivity contribution is 4.92. The highest BCUT2D eigenvalue weighted by atomic mass is 15.1. The summed E-state index contributed by atoms with van der Waals surface area (Å²) in [6.45, 7) is 12.0. The van der Waals surface area contributed by atoms with Crippen LogP contribution in [0.2, 0.25) is 0 Å². The first-order valence-corrected chi connectivity index (χ1v) is 4.55. The van der Waals surface area contributed by atoms with Gasteiger partial charge in [-0.1, -0.05) is 19.1 Å². The van der Waals surface area contributed by atoms with Gasteiger partial charge in [0.25, 0.3) is 0 Å². The van der Waals surface area contributed by atoms with Gasteiger partial charge in [0, 0.05) is 13.1 Å². The molecule has 0 N–H and O–H groups in total. The van der Waals surface area contributed by atoms with Gasteiger partial charge in [0.15, 0.2) is 0 Å². The molecule has 1 rings (SSSR count). The SMILES string of the molecule is C=C(C)CN1CCC[C@H](C)C1. The van der Waals surface area contributed by atoms with Crippen LogP contribution in [0.4, 0.5) is 0 Å². The summed E-state index contributed by atoms with van der Waals surface area (Å²) in [7, 11) is 0. The molecule has 1 aliphatic heterocycles. The Kier molecular flexibility index (Phi) is 3.13. The zero-order chi connectivity index (χ0) is 8.27. The summed E-state index contributed by atoms with van der Waals surface area (Å²) >= 11 is 0. The average Bonchev–Trinajstić information content (AvgIpc) is 1.85. The van der Waals surface area contributed by atoms with Gasteiger partial charge in [-0.15, -0.1) is 0 Å². The first kappa shape index (κ1) is 8.79. The summed E-state index contributed by atoms with van der Waals surface area (Å²) < 4.78 is 0. The minimum atomic E-state index is 0.892. The van der Waals surface area contributed by atoms with Crippen molar-refractivity contribution in [2.75, 3.05) is 19.6 Å². The van der Waals surface area contributed by atoms with Gasteiger partial charge in [-0.2, -0.15) is 0 Å². The molecular weight excluding hydrogens is 134 g/mol. The molecule has 1 heterocycles. The van der Waals surface area contributed by atoms with Crippen molar-refractivity contribution in [2.45, 2.75) is 26.7 Å². The monoisotopic (exact) mass is 153 g/mol. The van der Waals surface area contributed by atoms with E-state index in [-0.39, 0.29) is 0 Å². The predicted octanol–water partition coefficient (Wildman–Crippen LogP) is 2.29. The smallest absolute Gasteiger partial charge is 0.0187 e. The molecule has 0 aromatic rings. The second kappa shape index (κ2) is 3.91. The van der Waals surface area contributed by atoms with Gasteiger partial charge in [-0.05, 0) is 32.2 Å². The maximum absolute atomic E-state index is 3.93. The van der Waals surface area contributed by atoms with Crippen molar-refractivity contribution in [3.8, 4) is 0 Å². The second-order valence-electron chi connectivity index (χ2n) is 3.94. The largest absolute Gasteiger partial charge is 0.299 e. The molecular formula is C10H19N. The van der Waals surface area contributed by atoms with Crippen molar-refractivity contribution in [3.63, 3.8) is 0 Å². The van der Waals surface area contributed by atoms with Crippen LogP contribution < -0.4 is 0 Å². The van der Waals surface area contributed by atoms with E-state index in [0.29, 0.717) is 0 Å². The lowest BCUT2D eigenvalue weighted by Gasteiger charge is -2.30. The van der Waals surface area contributed by atoms with E-state index in [1.54, 1.807) is 0 Å². The third kappa shape index (κ3) is 3.06. The lowest BCUT2D eigenvalue weighted by molar-refractivity contribution is 0.198. The average molecular weight is 153 g/mol. The lowest BCUT2D eigenvalue weighted by atomic mass is 10.00. The Morgan fingerprint density at radius 3 is 2.91 bits per heavy atom. The van der Waals surface area contributed by atoms with Crippen molar-refractivity contribution in [1.82, 2.24) is 4.90 Å². The summed E-state index contributed by atoms with van der Waals surface area (Å²) in [4.78, 5) is 2.51. The Morgan fingerprint density at radius 1 is 1.64 bits per heavy atom. The van der Waals surface area contributed by atoms with Crippen LogP contribution in [0.25, 0.3) is 0 Å². The van der Waals surface area contributed by atoms with E-state index in [2.05, 4.69) is 25.3 Å². The predicted molar refractivity (Wildman–Crippen MR) is 49.7 cm³/mol. The Labute approximate surface area is 70.1 Å². The maximum atomic E-state index is 3.93. The summed E-state index contributed by atoms with van der Waals surface area (Å²) in [6.07, 6.45) is 2.78. The van der Waals surface area contributed by atoms with Gasteiger partial charge in [-0.3, -0.25) is 4.90 Å². The lowest BCUT2D eigenvalue weighted by Crippen LogP contribution is -2.35. The van der Waals surface area contributed by atoms with Crippen LogP contribution in [0.3, 0.4) is 0 Å². The number of rotatable bonds is 2. The van der Waals surface area contributed by atoms with E-state index in [1.165, 1.54) is 31.5 Å². The van der Waals surface area contributed by atoms with Crippen LogP contribution in [0.5, 0.6) is 0 Å². The molecule has 1 heteroatoms. The Bertz CT molecular complexity index is 140. The van der Waals surface area contributed by atoms with Gasteiger partial charge >= 0.3 is 0 Å². The van der Waals surface area contributed by atoms with Crippen LogP contribution in [-0.4, -0.2) is 24.5 Å². The van der Waals surface area contributed by atoms with Crippen LogP contribution in [0.1, 0.15) is 26.7 Å². The molecule has 0 radical (unpaired) electrons. The molecule has 11 heavy (non-hydrogen) atoms. The van der Waals surface area contributed by atoms with Crippen LogP contribution in [-0.2, 0) is 0 Å². The van der Waals surface area contributed by atoms with E-state index < -0.39 is 0 Å². The summed E-state index contributed by atoms with van der Waals surface area (Å²) in [5, 5.41) is 0. The fourth-order valence-electron chi connectivity index (χ4n) is 1.81. The van der Waals surface area contributed by atoms with E-state index in [0.717, 1.165) is 12.5 Å². The van der Waals surface area contributed by atoms with Crippen molar-refractivity contribution < 1.29 is 0 Å². The number of piperidine rings is 1. The molecule has 1 fully saturated rings. The van der Waals surface area contributed by atoms with Crippen LogP contribution in [0.15, 0.2) is 12.2 Å². The quantitative estimate of drug-likeness (QED) is 0.550. The number of nitrogens with zero attached hydrogens (tertiary/aromatic N) is 1. The zero-order valence-corrected chi connectivity index (χ0v) is 7.77. The summed E-state index contributed by atoms with van der Waals surface area (Å²) in [5.74, 6) is 0.892. The van der Waals surface area contributed by atoms with Crippen LogP contribution >= 0.6 is 0 Å². The van der Waals surface area contributed by atoms with E-state index in [9.17, 15) is 0 Å². The molecule has 0 saturated carbocycles. The molecule has 64 valence electrons. The van der Waals surface area contributed by atoms with Crippen LogP contribution in [0, 0.1) is 5.92 Å². The third-order valence-electron chi connectivity index (χ3n) is 2.23. The molecule has 0 unspecified atom stereocenters. The topological polar surface area (TPSA) is 3.24 Å². The van der Waals surface area contributed by atoms with E-state index in [1.807, 2.05) is 0 Å². The van der Waals surface area contributed by atoms with Crippen molar-refractivity contribution in [1.29, 1.82) is 0 Å². The number of hydrogen-bond acceptors (Lipinski definition) is 1. The zero-order valence-electron chi connectivity index (χ0n) is 7.77. The molecule has 0 amide bonds. The Morgan fingerprint density at radius 2 is 2.36 bits per heavy atom. The fourth-order valence-corrected chi connectivity index (χ4v) is 1.81. The second-order valence-corrected chi connectivity index (χ2v) is 3.94. The molecule has 0 spiro atoms. The first-order chi connectivity index (χ1) is 5.18. The van der Waals surface area contributed by atoms with Crippen molar-refractivity contribution >= 4 is 0 Å². The Balaban J connectivity index is 2.28. The Hall–Kier alpha value is -0.300. The third-order valence-corrected chi connectivity index (χ3v) is 2.23. The van der Waals surface area contributed by atoms with Gasteiger partial charge in [-0.25, -0.2) is 0 Å². The van der Waals surface area contributed by atoms with E-state index >= 15 is 0 Å². The molecule has 1 nitrogen and oxygen atoms in total. The highest BCUT2D eigenvalue weighted by Gasteiger charge is 2.15.